The predicted octanol–water partition coefficient (Wildman–Crippen LogP) is 1.81. The Morgan fingerprint density at radius 3 is 2.93 bits per heavy atom. The lowest BCUT2D eigenvalue weighted by atomic mass is 9.74. The number of aromatic nitrogens is 1. The Bertz CT molecular complexity index is 802. The van der Waals surface area contributed by atoms with Crippen LogP contribution in [0.4, 0.5) is 0 Å². The summed E-state index contributed by atoms with van der Waals surface area (Å²) in [5.74, 6) is 0.592. The maximum atomic E-state index is 13.3. The number of carbonyl (C=O) groups excluding carboxylic acids is 1. The minimum absolute atomic E-state index is 0.103. The number of carbonyl (C=O) groups is 1. The summed E-state index contributed by atoms with van der Waals surface area (Å²) in [5, 5.41) is 9.77. The fraction of sp³-hybridized carbons (Fsp3) is 0.714. The van der Waals surface area contributed by atoms with Gasteiger partial charge in [0.25, 0.3) is 11.5 Å². The van der Waals surface area contributed by atoms with Crippen molar-refractivity contribution in [3.05, 3.63) is 33.7 Å². The Balaban J connectivity index is 1.59. The van der Waals surface area contributed by atoms with E-state index < -0.39 is 0 Å². The van der Waals surface area contributed by atoms with Crippen molar-refractivity contribution in [2.45, 2.75) is 58.3 Å². The highest BCUT2D eigenvalue weighted by Gasteiger charge is 2.63. The van der Waals surface area contributed by atoms with Crippen LogP contribution in [0.1, 0.15) is 49.0 Å². The Labute approximate surface area is 160 Å². The van der Waals surface area contributed by atoms with Gasteiger partial charge in [0, 0.05) is 37.7 Å². The molecule has 27 heavy (non-hydrogen) atoms. The Morgan fingerprint density at radius 1 is 1.44 bits per heavy atom. The van der Waals surface area contributed by atoms with Crippen LogP contribution in [0.5, 0.6) is 0 Å². The molecule has 0 aromatic carbocycles. The van der Waals surface area contributed by atoms with Gasteiger partial charge >= 0.3 is 0 Å². The number of hydrogen-bond acceptors (Lipinski definition) is 4. The first-order chi connectivity index (χ1) is 12.9. The van der Waals surface area contributed by atoms with Crippen molar-refractivity contribution in [2.24, 2.45) is 17.8 Å². The molecule has 0 saturated carbocycles. The van der Waals surface area contributed by atoms with E-state index in [1.807, 2.05) is 13.0 Å². The third-order valence-corrected chi connectivity index (χ3v) is 6.82. The highest BCUT2D eigenvalue weighted by Crippen LogP contribution is 2.54. The number of aryl methyl sites for hydroxylation is 2. The van der Waals surface area contributed by atoms with Crippen molar-refractivity contribution in [1.82, 2.24) is 9.47 Å². The number of rotatable bonds is 5. The maximum absolute atomic E-state index is 13.3. The number of hydrogen-bond donors (Lipinski definition) is 1. The molecule has 4 atom stereocenters. The zero-order valence-electron chi connectivity index (χ0n) is 16.5. The number of nitrogens with zero attached hydrogens (tertiary/aromatic N) is 2. The molecule has 1 N–H and O–H groups in total. The van der Waals surface area contributed by atoms with Crippen LogP contribution in [0, 0.1) is 24.7 Å². The lowest BCUT2D eigenvalue weighted by Crippen LogP contribution is -2.39. The second-order valence-electron chi connectivity index (χ2n) is 8.95. The molecule has 0 radical (unpaired) electrons. The van der Waals surface area contributed by atoms with Gasteiger partial charge in [-0.1, -0.05) is 13.8 Å². The Kier molecular flexibility index (Phi) is 4.67. The number of aliphatic hydroxyl groups is 1. The number of amides is 1. The monoisotopic (exact) mass is 374 g/mol. The third kappa shape index (κ3) is 2.93. The summed E-state index contributed by atoms with van der Waals surface area (Å²) in [6, 6.07) is 1.86. The van der Waals surface area contributed by atoms with Gasteiger partial charge in [0.2, 0.25) is 0 Å². The number of aliphatic hydroxyl groups excluding tert-OH is 1. The molecule has 1 aromatic rings. The normalized spacial score (nSPS) is 31.7. The topological polar surface area (TPSA) is 71.8 Å². The third-order valence-electron chi connectivity index (χ3n) is 6.82. The lowest BCUT2D eigenvalue weighted by molar-refractivity contribution is 0.00150. The highest BCUT2D eigenvalue weighted by atomic mass is 16.5. The van der Waals surface area contributed by atoms with Crippen molar-refractivity contribution in [2.75, 3.05) is 19.7 Å². The van der Waals surface area contributed by atoms with Gasteiger partial charge in [0.15, 0.2) is 0 Å². The van der Waals surface area contributed by atoms with Gasteiger partial charge in [-0.3, -0.25) is 9.59 Å². The van der Waals surface area contributed by atoms with Crippen LogP contribution < -0.4 is 5.56 Å². The van der Waals surface area contributed by atoms with E-state index in [9.17, 15) is 14.7 Å². The average Bonchev–Trinajstić information content (AvgIpc) is 3.28. The van der Waals surface area contributed by atoms with Gasteiger partial charge in [-0.2, -0.15) is 0 Å². The first-order valence-electron chi connectivity index (χ1n) is 10.1. The van der Waals surface area contributed by atoms with Gasteiger partial charge in [0.05, 0.1) is 18.2 Å². The summed E-state index contributed by atoms with van der Waals surface area (Å²) in [7, 11) is 0. The maximum Gasteiger partial charge on any atom is 0.263 e. The number of pyridine rings is 1. The molecule has 3 saturated heterocycles. The molecule has 1 spiro atoms. The number of ether oxygens (including phenoxy) is 1. The Hall–Kier alpha value is -1.66. The van der Waals surface area contributed by atoms with Crippen molar-refractivity contribution in [3.8, 4) is 0 Å². The fourth-order valence-corrected chi connectivity index (χ4v) is 5.25. The molecule has 4 heterocycles. The fourth-order valence-electron chi connectivity index (χ4n) is 5.25. The molecule has 6 nitrogen and oxygen atoms in total. The van der Waals surface area contributed by atoms with E-state index in [2.05, 4.69) is 13.8 Å². The second-order valence-corrected chi connectivity index (χ2v) is 8.95. The molecular formula is C21H30N2O4. The molecule has 0 aliphatic carbocycles. The molecule has 148 valence electrons. The Morgan fingerprint density at radius 2 is 2.22 bits per heavy atom. The summed E-state index contributed by atoms with van der Waals surface area (Å²) in [6.07, 6.45) is 4.72. The van der Waals surface area contributed by atoms with Gasteiger partial charge in [-0.15, -0.1) is 0 Å². The van der Waals surface area contributed by atoms with Gasteiger partial charge in [-0.05, 0) is 43.7 Å². The first-order valence-corrected chi connectivity index (χ1v) is 10.1. The largest absolute Gasteiger partial charge is 0.396 e. The van der Waals surface area contributed by atoms with Crippen molar-refractivity contribution in [1.29, 1.82) is 0 Å². The summed E-state index contributed by atoms with van der Waals surface area (Å²) in [6.45, 7) is 7.91. The molecular weight excluding hydrogens is 344 g/mol. The van der Waals surface area contributed by atoms with Gasteiger partial charge < -0.3 is 19.3 Å². The minimum Gasteiger partial charge on any atom is -0.396 e. The standard InChI is InChI=1S/C21H30N2O4/c1-13(2)5-8-22-9-6-14(3)18(19(22)25)20(26)23-10-16-15(11-24)17-4-7-21(16,12-23)27-17/h6,9,13,15-17,24H,4-5,7-8,10-12H2,1-3H3/t15-,16+,17+,21+/m1/s1. The van der Waals surface area contributed by atoms with E-state index in [1.165, 1.54) is 0 Å². The summed E-state index contributed by atoms with van der Waals surface area (Å²) in [4.78, 5) is 28.0. The van der Waals surface area contributed by atoms with Gasteiger partial charge in [0.1, 0.15) is 5.56 Å². The van der Waals surface area contributed by atoms with Crippen molar-refractivity contribution >= 4 is 5.91 Å². The molecule has 1 aromatic heterocycles. The van der Waals surface area contributed by atoms with E-state index in [0.717, 1.165) is 24.8 Å². The molecule has 0 unspecified atom stereocenters. The molecule has 3 aliphatic rings. The smallest absolute Gasteiger partial charge is 0.263 e. The van der Waals surface area contributed by atoms with Crippen molar-refractivity contribution in [3.63, 3.8) is 0 Å². The predicted molar refractivity (Wildman–Crippen MR) is 102 cm³/mol. The quantitative estimate of drug-likeness (QED) is 0.853. The van der Waals surface area contributed by atoms with E-state index in [-0.39, 0.29) is 47.2 Å². The zero-order chi connectivity index (χ0) is 19.3. The van der Waals surface area contributed by atoms with Gasteiger partial charge in [-0.25, -0.2) is 0 Å². The molecule has 1 amide bonds. The highest BCUT2D eigenvalue weighted by molar-refractivity contribution is 5.95. The van der Waals surface area contributed by atoms with Crippen molar-refractivity contribution < 1.29 is 14.6 Å². The summed E-state index contributed by atoms with van der Waals surface area (Å²) < 4.78 is 7.88. The second kappa shape index (κ2) is 6.74. The summed E-state index contributed by atoms with van der Waals surface area (Å²) >= 11 is 0. The molecule has 4 rings (SSSR count). The molecule has 3 aliphatic heterocycles. The van der Waals surface area contributed by atoms with Crippen LogP contribution in [0.3, 0.4) is 0 Å². The van der Waals surface area contributed by atoms with Crippen LogP contribution in [-0.2, 0) is 11.3 Å². The van der Waals surface area contributed by atoms with Crippen LogP contribution in [0.25, 0.3) is 0 Å². The number of likely N-dealkylation sites (tertiary alicyclic amines) is 1. The van der Waals surface area contributed by atoms with E-state index in [1.54, 1.807) is 15.7 Å². The minimum atomic E-state index is -0.312. The van der Waals surface area contributed by atoms with Crippen LogP contribution in [0.2, 0.25) is 0 Å². The average molecular weight is 374 g/mol. The van der Waals surface area contributed by atoms with E-state index >= 15 is 0 Å². The lowest BCUT2D eigenvalue weighted by Gasteiger charge is -2.27. The first kappa shape index (κ1) is 18.7. The van der Waals surface area contributed by atoms with Crippen LogP contribution >= 0.6 is 0 Å². The van der Waals surface area contributed by atoms with E-state index in [4.69, 9.17) is 4.74 Å². The number of fused-ring (bicyclic) bond motifs is 1. The zero-order valence-corrected chi connectivity index (χ0v) is 16.5. The van der Waals surface area contributed by atoms with Crippen LogP contribution in [-0.4, -0.2) is 51.9 Å². The SMILES string of the molecule is Cc1ccn(CCC(C)C)c(=O)c1C(=O)N1C[C@H]2[C@@H](CO)[C@@H]3CC[C@@]2(C1)O3. The molecule has 3 fully saturated rings. The molecule has 6 heteroatoms. The van der Waals surface area contributed by atoms with Crippen LogP contribution in [0.15, 0.2) is 17.1 Å². The summed E-state index contributed by atoms with van der Waals surface area (Å²) in [5.41, 5.74) is 0.503. The van der Waals surface area contributed by atoms with E-state index in [0.29, 0.717) is 25.6 Å². The molecule has 2 bridgehead atoms.